The van der Waals surface area contributed by atoms with Crippen molar-refractivity contribution in [2.75, 3.05) is 7.11 Å². The average Bonchev–Trinajstić information content (AvgIpc) is 1.99. The van der Waals surface area contributed by atoms with Gasteiger partial charge in [-0.15, -0.1) is 0 Å². The van der Waals surface area contributed by atoms with Crippen LogP contribution in [0.25, 0.3) is 0 Å². The van der Waals surface area contributed by atoms with E-state index in [0.717, 1.165) is 6.42 Å². The minimum absolute atomic E-state index is 0.157. The van der Waals surface area contributed by atoms with Crippen molar-refractivity contribution >= 4 is 5.97 Å². The second kappa shape index (κ2) is 4.16. The molecule has 0 spiro atoms. The lowest BCUT2D eigenvalue weighted by molar-refractivity contribution is -0.150. The number of allylic oxidation sites excluding steroid dienone is 2. The smallest absolute Gasteiger partial charge is 0.311 e. The van der Waals surface area contributed by atoms with Gasteiger partial charge >= 0.3 is 5.97 Å². The number of rotatable bonds is 3. The monoisotopic (exact) mass is 156 g/mol. The van der Waals surface area contributed by atoms with Gasteiger partial charge in [-0.05, 0) is 27.2 Å². The number of ether oxygens (including phenoxy) is 1. The number of carbonyl (C=O) groups is 1. The van der Waals surface area contributed by atoms with Crippen LogP contribution in [0.2, 0.25) is 0 Å². The Labute approximate surface area is 68.2 Å². The van der Waals surface area contributed by atoms with E-state index < -0.39 is 0 Å². The first-order valence-electron chi connectivity index (χ1n) is 3.74. The van der Waals surface area contributed by atoms with Gasteiger partial charge in [0.05, 0.1) is 12.5 Å². The third-order valence-corrected chi connectivity index (χ3v) is 1.60. The average molecular weight is 156 g/mol. The molecular formula is C9H16O2. The molecule has 0 saturated carbocycles. The Morgan fingerprint density at radius 2 is 2.09 bits per heavy atom. The van der Waals surface area contributed by atoms with E-state index in [1.165, 1.54) is 7.11 Å². The molecule has 0 aliphatic heterocycles. The van der Waals surface area contributed by atoms with E-state index in [1.54, 1.807) is 0 Å². The van der Waals surface area contributed by atoms with E-state index in [1.807, 2.05) is 32.9 Å². The van der Waals surface area contributed by atoms with Crippen LogP contribution in [0.5, 0.6) is 0 Å². The molecule has 0 aliphatic rings. The topological polar surface area (TPSA) is 26.3 Å². The molecule has 0 aromatic heterocycles. The minimum Gasteiger partial charge on any atom is -0.469 e. The van der Waals surface area contributed by atoms with E-state index >= 15 is 0 Å². The lowest BCUT2D eigenvalue weighted by Crippen LogP contribution is -2.24. The molecule has 0 amide bonds. The molecule has 0 aromatic rings. The molecular weight excluding hydrogens is 140 g/mol. The molecule has 64 valence electrons. The highest BCUT2D eigenvalue weighted by Crippen LogP contribution is 2.22. The van der Waals surface area contributed by atoms with Gasteiger partial charge in [0.1, 0.15) is 0 Å². The fourth-order valence-electron chi connectivity index (χ4n) is 0.772. The highest BCUT2D eigenvalue weighted by molar-refractivity contribution is 5.75. The normalized spacial score (nSPS) is 12.0. The van der Waals surface area contributed by atoms with Gasteiger partial charge in [0, 0.05) is 0 Å². The summed E-state index contributed by atoms with van der Waals surface area (Å²) in [6.45, 7) is 5.69. The molecule has 0 unspecified atom stereocenters. The van der Waals surface area contributed by atoms with Crippen molar-refractivity contribution in [2.24, 2.45) is 5.41 Å². The Morgan fingerprint density at radius 1 is 1.55 bits per heavy atom. The summed E-state index contributed by atoms with van der Waals surface area (Å²) in [6, 6.07) is 0. The van der Waals surface area contributed by atoms with Crippen LogP contribution in [-0.2, 0) is 9.53 Å². The summed E-state index contributed by atoms with van der Waals surface area (Å²) in [5.41, 5.74) is -0.388. The molecule has 0 aliphatic carbocycles. The quantitative estimate of drug-likeness (QED) is 0.462. The number of esters is 1. The number of hydrogen-bond donors (Lipinski definition) is 0. The van der Waals surface area contributed by atoms with Gasteiger partial charge in [0.2, 0.25) is 0 Å². The summed E-state index contributed by atoms with van der Waals surface area (Å²) in [5.74, 6) is -0.157. The van der Waals surface area contributed by atoms with Gasteiger partial charge in [0.15, 0.2) is 0 Å². The molecule has 0 heterocycles. The first-order chi connectivity index (χ1) is 5.04. The molecule has 2 heteroatoms. The van der Waals surface area contributed by atoms with Gasteiger partial charge in [0.25, 0.3) is 0 Å². The largest absolute Gasteiger partial charge is 0.469 e. The third-order valence-electron chi connectivity index (χ3n) is 1.60. The molecule has 11 heavy (non-hydrogen) atoms. The van der Waals surface area contributed by atoms with Crippen LogP contribution in [-0.4, -0.2) is 13.1 Å². The van der Waals surface area contributed by atoms with Crippen LogP contribution in [0, 0.1) is 5.41 Å². The van der Waals surface area contributed by atoms with E-state index in [9.17, 15) is 4.79 Å². The summed E-state index contributed by atoms with van der Waals surface area (Å²) in [4.78, 5) is 11.1. The highest BCUT2D eigenvalue weighted by Gasteiger charge is 2.26. The first-order valence-corrected chi connectivity index (χ1v) is 3.74. The molecule has 0 rings (SSSR count). The number of carbonyl (C=O) groups excluding carboxylic acids is 1. The predicted octanol–water partition coefficient (Wildman–Crippen LogP) is 2.15. The fraction of sp³-hybridized carbons (Fsp3) is 0.667. The molecule has 0 N–H and O–H groups in total. The molecule has 0 radical (unpaired) electrons. The molecule has 0 saturated heterocycles. The Kier molecular flexibility index (Phi) is 3.86. The van der Waals surface area contributed by atoms with Gasteiger partial charge in [-0.3, -0.25) is 4.79 Å². The summed E-state index contributed by atoms with van der Waals surface area (Å²) >= 11 is 0. The summed E-state index contributed by atoms with van der Waals surface area (Å²) < 4.78 is 4.64. The van der Waals surface area contributed by atoms with Crippen molar-refractivity contribution in [3.8, 4) is 0 Å². The SMILES string of the molecule is C/C=C/CC(C)(C)C(=O)OC. The number of hydrogen-bond acceptors (Lipinski definition) is 2. The second-order valence-corrected chi connectivity index (χ2v) is 3.15. The zero-order chi connectivity index (χ0) is 8.91. The lowest BCUT2D eigenvalue weighted by Gasteiger charge is -2.18. The van der Waals surface area contributed by atoms with Gasteiger partial charge < -0.3 is 4.74 Å². The van der Waals surface area contributed by atoms with Crippen molar-refractivity contribution in [1.29, 1.82) is 0 Å². The van der Waals surface area contributed by atoms with Crippen LogP contribution in [0.1, 0.15) is 27.2 Å². The van der Waals surface area contributed by atoms with Gasteiger partial charge in [-0.1, -0.05) is 12.2 Å². The van der Waals surface area contributed by atoms with Crippen LogP contribution in [0.4, 0.5) is 0 Å². The molecule has 0 atom stereocenters. The van der Waals surface area contributed by atoms with E-state index in [-0.39, 0.29) is 11.4 Å². The Hall–Kier alpha value is -0.790. The Balaban J connectivity index is 4.09. The van der Waals surface area contributed by atoms with Gasteiger partial charge in [-0.2, -0.15) is 0 Å². The van der Waals surface area contributed by atoms with Crippen molar-refractivity contribution in [3.63, 3.8) is 0 Å². The maximum Gasteiger partial charge on any atom is 0.311 e. The predicted molar refractivity (Wildman–Crippen MR) is 45.2 cm³/mol. The van der Waals surface area contributed by atoms with Crippen LogP contribution in [0.3, 0.4) is 0 Å². The van der Waals surface area contributed by atoms with E-state index in [0.29, 0.717) is 0 Å². The van der Waals surface area contributed by atoms with Crippen LogP contribution >= 0.6 is 0 Å². The Bertz CT molecular complexity index is 157. The third kappa shape index (κ3) is 3.21. The zero-order valence-electron chi connectivity index (χ0n) is 7.68. The maximum absolute atomic E-state index is 11.1. The van der Waals surface area contributed by atoms with E-state index in [2.05, 4.69) is 4.74 Å². The summed E-state index contributed by atoms with van der Waals surface area (Å²) in [7, 11) is 1.42. The summed E-state index contributed by atoms with van der Waals surface area (Å²) in [5, 5.41) is 0. The van der Waals surface area contributed by atoms with Crippen molar-refractivity contribution < 1.29 is 9.53 Å². The zero-order valence-corrected chi connectivity index (χ0v) is 7.68. The minimum atomic E-state index is -0.388. The molecule has 0 bridgehead atoms. The van der Waals surface area contributed by atoms with Crippen LogP contribution < -0.4 is 0 Å². The molecule has 0 fully saturated rings. The lowest BCUT2D eigenvalue weighted by atomic mass is 9.89. The van der Waals surface area contributed by atoms with Crippen molar-refractivity contribution in [1.82, 2.24) is 0 Å². The standard InChI is InChI=1S/C9H16O2/c1-5-6-7-9(2,3)8(10)11-4/h5-6H,7H2,1-4H3/b6-5+. The van der Waals surface area contributed by atoms with Gasteiger partial charge in [-0.25, -0.2) is 0 Å². The van der Waals surface area contributed by atoms with E-state index in [4.69, 9.17) is 0 Å². The van der Waals surface area contributed by atoms with Crippen LogP contribution in [0.15, 0.2) is 12.2 Å². The highest BCUT2D eigenvalue weighted by atomic mass is 16.5. The van der Waals surface area contributed by atoms with Crippen molar-refractivity contribution in [3.05, 3.63) is 12.2 Å². The first kappa shape index (κ1) is 10.2. The number of methoxy groups -OCH3 is 1. The second-order valence-electron chi connectivity index (χ2n) is 3.15. The maximum atomic E-state index is 11.1. The molecule has 0 aromatic carbocycles. The van der Waals surface area contributed by atoms with Crippen molar-refractivity contribution in [2.45, 2.75) is 27.2 Å². The fourth-order valence-corrected chi connectivity index (χ4v) is 0.772. The summed E-state index contributed by atoms with van der Waals surface area (Å²) in [6.07, 6.45) is 4.64. The molecule has 2 nitrogen and oxygen atoms in total. The Morgan fingerprint density at radius 3 is 2.45 bits per heavy atom.